The van der Waals surface area contributed by atoms with Gasteiger partial charge >= 0.3 is 80.2 Å². The predicted octanol–water partition coefficient (Wildman–Crippen LogP) is 3.42. The van der Waals surface area contributed by atoms with Gasteiger partial charge in [0.25, 0.3) is 0 Å². The molecule has 1 heteroatoms. The SMILES string of the molecule is C1CCC([Te]C2CCCC2)C1. The van der Waals surface area contributed by atoms with E-state index in [0.717, 1.165) is 0 Å². The summed E-state index contributed by atoms with van der Waals surface area (Å²) in [5, 5.41) is 0. The normalized spacial score (nSPS) is 28.4. The molecular formula is C10H18Te. The van der Waals surface area contributed by atoms with E-state index in [9.17, 15) is 0 Å². The Morgan fingerprint density at radius 2 is 1.00 bits per heavy atom. The van der Waals surface area contributed by atoms with Crippen LogP contribution in [-0.2, 0) is 0 Å². The molecule has 0 amide bonds. The Bertz CT molecular complexity index is 96.0. The van der Waals surface area contributed by atoms with E-state index in [1.807, 2.05) is 0 Å². The predicted molar refractivity (Wildman–Crippen MR) is 50.2 cm³/mol. The third kappa shape index (κ3) is 2.36. The first-order chi connectivity index (χ1) is 5.45. The molecule has 0 unspecified atom stereocenters. The molecule has 2 aliphatic carbocycles. The number of hydrogen-bond acceptors (Lipinski definition) is 0. The summed E-state index contributed by atoms with van der Waals surface area (Å²) in [6.07, 6.45) is 12.7. The Balaban J connectivity index is 1.71. The van der Waals surface area contributed by atoms with Gasteiger partial charge in [-0.3, -0.25) is 0 Å². The molecule has 0 N–H and O–H groups in total. The van der Waals surface area contributed by atoms with Crippen LogP contribution in [0.1, 0.15) is 51.4 Å². The molecule has 2 aliphatic rings. The molecule has 64 valence electrons. The maximum absolute atomic E-state index is 1.61. The van der Waals surface area contributed by atoms with Gasteiger partial charge in [-0.2, -0.15) is 0 Å². The van der Waals surface area contributed by atoms with Crippen LogP contribution in [0, 0.1) is 0 Å². The van der Waals surface area contributed by atoms with Gasteiger partial charge in [-0.1, -0.05) is 0 Å². The van der Waals surface area contributed by atoms with E-state index in [0.29, 0.717) is 20.9 Å². The summed E-state index contributed by atoms with van der Waals surface area (Å²) >= 11 is 0.442. The monoisotopic (exact) mass is 268 g/mol. The van der Waals surface area contributed by atoms with Gasteiger partial charge in [0.05, 0.1) is 0 Å². The van der Waals surface area contributed by atoms with Gasteiger partial charge in [0.2, 0.25) is 0 Å². The molecule has 0 nitrogen and oxygen atoms in total. The van der Waals surface area contributed by atoms with E-state index >= 15 is 0 Å². The molecule has 0 aliphatic heterocycles. The van der Waals surface area contributed by atoms with Gasteiger partial charge in [-0.15, -0.1) is 0 Å². The molecule has 0 heterocycles. The molecule has 11 heavy (non-hydrogen) atoms. The number of rotatable bonds is 2. The third-order valence-electron chi connectivity index (χ3n) is 2.99. The van der Waals surface area contributed by atoms with E-state index < -0.39 is 0 Å². The third-order valence-corrected chi connectivity index (χ3v) is 7.88. The quantitative estimate of drug-likeness (QED) is 0.672. The molecule has 0 bridgehead atoms. The molecule has 0 saturated heterocycles. The van der Waals surface area contributed by atoms with E-state index in [2.05, 4.69) is 0 Å². The molecular weight excluding hydrogens is 248 g/mol. The zero-order valence-electron chi connectivity index (χ0n) is 7.22. The van der Waals surface area contributed by atoms with Gasteiger partial charge in [-0.05, 0) is 0 Å². The van der Waals surface area contributed by atoms with Crippen LogP contribution < -0.4 is 0 Å². The molecule has 0 atom stereocenters. The zero-order valence-corrected chi connectivity index (χ0v) is 9.55. The summed E-state index contributed by atoms with van der Waals surface area (Å²) in [5.41, 5.74) is 0. The van der Waals surface area contributed by atoms with Gasteiger partial charge in [-0.25, -0.2) is 0 Å². The first kappa shape index (κ1) is 8.39. The average Bonchev–Trinajstić information content (AvgIpc) is 2.60. The first-order valence-corrected chi connectivity index (χ1v) is 7.80. The molecule has 0 aromatic heterocycles. The topological polar surface area (TPSA) is 0 Å². The van der Waals surface area contributed by atoms with Crippen LogP contribution in [-0.4, -0.2) is 20.9 Å². The van der Waals surface area contributed by atoms with Crippen LogP contribution in [0.25, 0.3) is 0 Å². The van der Waals surface area contributed by atoms with Crippen molar-refractivity contribution in [3.8, 4) is 0 Å². The maximum atomic E-state index is 1.61. The minimum atomic E-state index is 0.442. The van der Waals surface area contributed by atoms with Gasteiger partial charge < -0.3 is 0 Å². The van der Waals surface area contributed by atoms with E-state index in [1.165, 1.54) is 7.93 Å². The van der Waals surface area contributed by atoms with Crippen LogP contribution in [0.5, 0.6) is 0 Å². The van der Waals surface area contributed by atoms with Crippen molar-refractivity contribution in [3.63, 3.8) is 0 Å². The van der Waals surface area contributed by atoms with Gasteiger partial charge in [0, 0.05) is 0 Å². The molecule has 0 spiro atoms. The molecule has 0 aromatic carbocycles. The summed E-state index contributed by atoms with van der Waals surface area (Å²) in [7, 11) is 0. The van der Waals surface area contributed by atoms with Crippen molar-refractivity contribution in [1.29, 1.82) is 0 Å². The molecule has 0 radical (unpaired) electrons. The molecule has 2 saturated carbocycles. The fraction of sp³-hybridized carbons (Fsp3) is 1.00. The van der Waals surface area contributed by atoms with Crippen LogP contribution in [0.2, 0.25) is 7.93 Å². The van der Waals surface area contributed by atoms with Crippen molar-refractivity contribution in [3.05, 3.63) is 0 Å². The Morgan fingerprint density at radius 3 is 1.36 bits per heavy atom. The van der Waals surface area contributed by atoms with Crippen LogP contribution >= 0.6 is 0 Å². The van der Waals surface area contributed by atoms with Crippen molar-refractivity contribution in [1.82, 2.24) is 0 Å². The minimum absolute atomic E-state index is 0.442. The van der Waals surface area contributed by atoms with Gasteiger partial charge in [0.15, 0.2) is 0 Å². The average molecular weight is 266 g/mol. The van der Waals surface area contributed by atoms with E-state index in [1.54, 1.807) is 51.4 Å². The fourth-order valence-corrected chi connectivity index (χ4v) is 7.33. The number of hydrogen-bond donors (Lipinski definition) is 0. The molecule has 0 aromatic rings. The zero-order chi connectivity index (χ0) is 7.52. The van der Waals surface area contributed by atoms with Crippen molar-refractivity contribution in [2.45, 2.75) is 59.3 Å². The van der Waals surface area contributed by atoms with E-state index in [4.69, 9.17) is 0 Å². The van der Waals surface area contributed by atoms with Crippen molar-refractivity contribution >= 4 is 20.9 Å². The first-order valence-electron chi connectivity index (χ1n) is 5.10. The Morgan fingerprint density at radius 1 is 0.636 bits per heavy atom. The Hall–Kier alpha value is 0.790. The van der Waals surface area contributed by atoms with Gasteiger partial charge in [0.1, 0.15) is 0 Å². The summed E-state index contributed by atoms with van der Waals surface area (Å²) in [6, 6.07) is 0. The second kappa shape index (κ2) is 4.15. The second-order valence-electron chi connectivity index (χ2n) is 3.95. The van der Waals surface area contributed by atoms with Crippen molar-refractivity contribution in [2.75, 3.05) is 0 Å². The Labute approximate surface area is 80.2 Å². The van der Waals surface area contributed by atoms with Crippen LogP contribution in [0.4, 0.5) is 0 Å². The Kier molecular flexibility index (Phi) is 3.16. The second-order valence-corrected chi connectivity index (χ2v) is 8.53. The van der Waals surface area contributed by atoms with Crippen LogP contribution in [0.15, 0.2) is 0 Å². The standard InChI is InChI=1S/C10H18Te/c1-2-6-9(5-1)11-10-7-3-4-8-10/h9-10H,1-8H2. The van der Waals surface area contributed by atoms with Crippen molar-refractivity contribution < 1.29 is 0 Å². The fourth-order valence-electron chi connectivity index (χ4n) is 2.32. The summed E-state index contributed by atoms with van der Waals surface area (Å²) < 4.78 is 2.53. The van der Waals surface area contributed by atoms with Crippen LogP contribution in [0.3, 0.4) is 0 Å². The summed E-state index contributed by atoms with van der Waals surface area (Å²) in [6.45, 7) is 0. The summed E-state index contributed by atoms with van der Waals surface area (Å²) in [5.74, 6) is 0. The van der Waals surface area contributed by atoms with E-state index in [-0.39, 0.29) is 0 Å². The van der Waals surface area contributed by atoms with Crippen molar-refractivity contribution in [2.24, 2.45) is 0 Å². The molecule has 2 rings (SSSR count). The molecule has 2 fully saturated rings. The summed E-state index contributed by atoms with van der Waals surface area (Å²) in [4.78, 5) is 0.